The predicted octanol–water partition coefficient (Wildman–Crippen LogP) is 2.34. The molecule has 0 aliphatic carbocycles. The molecule has 1 aliphatic heterocycles. The summed E-state index contributed by atoms with van der Waals surface area (Å²) < 4.78 is 5.35. The van der Waals surface area contributed by atoms with Crippen molar-refractivity contribution in [1.29, 1.82) is 0 Å². The lowest BCUT2D eigenvalue weighted by Gasteiger charge is -2.36. The van der Waals surface area contributed by atoms with Gasteiger partial charge < -0.3 is 19.9 Å². The van der Waals surface area contributed by atoms with E-state index in [-0.39, 0.29) is 11.9 Å². The standard InChI is InChI=1S/C20H27N5O2/c1-4-15(2)22-18(26)17-14-21-20(23-19(17)27-3)25-12-10-24(11-13-25)16-8-6-5-7-9-16/h5-9,14-15H,4,10-13H2,1-3H3,(H,22,26). The molecule has 144 valence electrons. The lowest BCUT2D eigenvalue weighted by molar-refractivity contribution is 0.0935. The molecule has 7 heteroatoms. The number of para-hydroxylation sites is 1. The number of amides is 1. The number of carbonyl (C=O) groups is 1. The zero-order valence-electron chi connectivity index (χ0n) is 16.2. The van der Waals surface area contributed by atoms with Gasteiger partial charge in [-0.05, 0) is 25.5 Å². The van der Waals surface area contributed by atoms with Gasteiger partial charge in [0.05, 0.1) is 7.11 Å². The Kier molecular flexibility index (Phi) is 6.11. The van der Waals surface area contributed by atoms with Crippen LogP contribution in [0.2, 0.25) is 0 Å². The molecule has 2 heterocycles. The summed E-state index contributed by atoms with van der Waals surface area (Å²) in [6, 6.07) is 10.5. The molecule has 1 unspecified atom stereocenters. The van der Waals surface area contributed by atoms with Crippen LogP contribution < -0.4 is 19.9 Å². The molecule has 2 aromatic rings. The Morgan fingerprint density at radius 3 is 2.48 bits per heavy atom. The second-order valence-electron chi connectivity index (χ2n) is 6.69. The number of piperazine rings is 1. The molecule has 0 radical (unpaired) electrons. The smallest absolute Gasteiger partial charge is 0.258 e. The van der Waals surface area contributed by atoms with E-state index in [1.54, 1.807) is 6.20 Å². The number of nitrogens with one attached hydrogen (secondary N) is 1. The first kappa shape index (κ1) is 18.9. The van der Waals surface area contributed by atoms with Gasteiger partial charge in [-0.25, -0.2) is 4.98 Å². The second kappa shape index (κ2) is 8.70. The molecule has 1 aliphatic rings. The Morgan fingerprint density at radius 2 is 1.85 bits per heavy atom. The molecule has 3 rings (SSSR count). The van der Waals surface area contributed by atoms with Crippen LogP contribution >= 0.6 is 0 Å². The molecule has 7 nitrogen and oxygen atoms in total. The maximum atomic E-state index is 12.4. The van der Waals surface area contributed by atoms with E-state index in [1.807, 2.05) is 19.9 Å². The number of carbonyl (C=O) groups excluding carboxylic acids is 1. The van der Waals surface area contributed by atoms with E-state index in [9.17, 15) is 4.79 Å². The van der Waals surface area contributed by atoms with Crippen LogP contribution in [-0.2, 0) is 0 Å². The number of hydrogen-bond donors (Lipinski definition) is 1. The van der Waals surface area contributed by atoms with E-state index >= 15 is 0 Å². The summed E-state index contributed by atoms with van der Waals surface area (Å²) in [5.41, 5.74) is 1.59. The average molecular weight is 369 g/mol. The van der Waals surface area contributed by atoms with Gasteiger partial charge in [0, 0.05) is 44.1 Å². The fourth-order valence-corrected chi connectivity index (χ4v) is 3.03. The van der Waals surface area contributed by atoms with Gasteiger partial charge >= 0.3 is 0 Å². The van der Waals surface area contributed by atoms with Crippen molar-refractivity contribution in [1.82, 2.24) is 15.3 Å². The number of hydrogen-bond acceptors (Lipinski definition) is 6. The molecule has 0 saturated carbocycles. The van der Waals surface area contributed by atoms with Gasteiger partial charge in [0.25, 0.3) is 5.91 Å². The van der Waals surface area contributed by atoms with Crippen molar-refractivity contribution >= 4 is 17.5 Å². The van der Waals surface area contributed by atoms with E-state index in [2.05, 4.69) is 49.4 Å². The summed E-state index contributed by atoms with van der Waals surface area (Å²) in [6.45, 7) is 7.41. The zero-order valence-corrected chi connectivity index (χ0v) is 16.2. The average Bonchev–Trinajstić information content (AvgIpc) is 2.73. The third kappa shape index (κ3) is 4.48. The molecule has 1 aromatic heterocycles. The number of methoxy groups -OCH3 is 1. The maximum Gasteiger partial charge on any atom is 0.258 e. The minimum atomic E-state index is -0.207. The van der Waals surface area contributed by atoms with Gasteiger partial charge in [0.2, 0.25) is 11.8 Å². The van der Waals surface area contributed by atoms with Crippen molar-refractivity contribution < 1.29 is 9.53 Å². The number of anilines is 2. The largest absolute Gasteiger partial charge is 0.480 e. The van der Waals surface area contributed by atoms with Crippen LogP contribution in [0.5, 0.6) is 5.88 Å². The van der Waals surface area contributed by atoms with Crippen molar-refractivity contribution in [2.75, 3.05) is 43.1 Å². The highest BCUT2D eigenvalue weighted by atomic mass is 16.5. The first-order valence-corrected chi connectivity index (χ1v) is 9.39. The van der Waals surface area contributed by atoms with Crippen LogP contribution in [0.1, 0.15) is 30.6 Å². The third-order valence-corrected chi connectivity index (χ3v) is 4.85. The van der Waals surface area contributed by atoms with Gasteiger partial charge in [-0.15, -0.1) is 0 Å². The number of ether oxygens (including phenoxy) is 1. The summed E-state index contributed by atoms with van der Waals surface area (Å²) in [4.78, 5) is 25.8. The van der Waals surface area contributed by atoms with Crippen molar-refractivity contribution in [3.8, 4) is 5.88 Å². The van der Waals surface area contributed by atoms with Crippen molar-refractivity contribution in [3.63, 3.8) is 0 Å². The highest BCUT2D eigenvalue weighted by Crippen LogP contribution is 2.21. The fraction of sp³-hybridized carbons (Fsp3) is 0.450. The SMILES string of the molecule is CCC(C)NC(=O)c1cnc(N2CCN(c3ccccc3)CC2)nc1OC. The van der Waals surface area contributed by atoms with Gasteiger partial charge in [-0.3, -0.25) is 4.79 Å². The van der Waals surface area contributed by atoms with E-state index in [4.69, 9.17) is 4.74 Å². The first-order chi connectivity index (χ1) is 13.1. The molecule has 0 spiro atoms. The highest BCUT2D eigenvalue weighted by Gasteiger charge is 2.22. The van der Waals surface area contributed by atoms with Crippen LogP contribution in [0.3, 0.4) is 0 Å². The minimum Gasteiger partial charge on any atom is -0.480 e. The fourth-order valence-electron chi connectivity index (χ4n) is 3.03. The Balaban J connectivity index is 1.68. The molecular weight excluding hydrogens is 342 g/mol. The van der Waals surface area contributed by atoms with Crippen molar-refractivity contribution in [2.24, 2.45) is 0 Å². The van der Waals surface area contributed by atoms with Crippen LogP contribution in [0.4, 0.5) is 11.6 Å². The zero-order chi connectivity index (χ0) is 19.2. The van der Waals surface area contributed by atoms with Crippen molar-refractivity contribution in [3.05, 3.63) is 42.1 Å². The predicted molar refractivity (Wildman–Crippen MR) is 107 cm³/mol. The molecular formula is C20H27N5O2. The number of rotatable bonds is 6. The van der Waals surface area contributed by atoms with E-state index < -0.39 is 0 Å². The third-order valence-electron chi connectivity index (χ3n) is 4.85. The number of nitrogens with zero attached hydrogens (tertiary/aromatic N) is 4. The molecule has 1 atom stereocenters. The Hall–Kier alpha value is -2.83. The summed E-state index contributed by atoms with van der Waals surface area (Å²) in [6.07, 6.45) is 2.42. The topological polar surface area (TPSA) is 70.6 Å². The summed E-state index contributed by atoms with van der Waals surface area (Å²) in [5, 5.41) is 2.92. The first-order valence-electron chi connectivity index (χ1n) is 9.39. The molecule has 1 aromatic carbocycles. The minimum absolute atomic E-state index is 0.0907. The number of benzene rings is 1. The maximum absolute atomic E-state index is 12.4. The summed E-state index contributed by atoms with van der Waals surface area (Å²) in [7, 11) is 1.53. The normalized spacial score (nSPS) is 15.4. The van der Waals surface area contributed by atoms with Gasteiger partial charge in [0.15, 0.2) is 0 Å². The summed E-state index contributed by atoms with van der Waals surface area (Å²) >= 11 is 0. The van der Waals surface area contributed by atoms with Crippen molar-refractivity contribution in [2.45, 2.75) is 26.3 Å². The van der Waals surface area contributed by atoms with Crippen LogP contribution in [0.15, 0.2) is 36.5 Å². The second-order valence-corrected chi connectivity index (χ2v) is 6.69. The molecule has 1 amide bonds. The Bertz CT molecular complexity index is 760. The highest BCUT2D eigenvalue weighted by molar-refractivity contribution is 5.96. The quantitative estimate of drug-likeness (QED) is 0.843. The monoisotopic (exact) mass is 369 g/mol. The van der Waals surface area contributed by atoms with E-state index in [1.165, 1.54) is 12.8 Å². The van der Waals surface area contributed by atoms with E-state index in [0.717, 1.165) is 32.6 Å². The Labute approximate surface area is 160 Å². The number of aromatic nitrogens is 2. The van der Waals surface area contributed by atoms with Gasteiger partial charge in [-0.1, -0.05) is 25.1 Å². The molecule has 1 saturated heterocycles. The van der Waals surface area contributed by atoms with Crippen LogP contribution in [-0.4, -0.2) is 55.2 Å². The van der Waals surface area contributed by atoms with Gasteiger partial charge in [-0.2, -0.15) is 4.98 Å². The molecule has 1 fully saturated rings. The summed E-state index contributed by atoms with van der Waals surface area (Å²) in [5.74, 6) is 0.701. The Morgan fingerprint density at radius 1 is 1.19 bits per heavy atom. The van der Waals surface area contributed by atoms with Crippen LogP contribution in [0.25, 0.3) is 0 Å². The van der Waals surface area contributed by atoms with Crippen LogP contribution in [0, 0.1) is 0 Å². The molecule has 27 heavy (non-hydrogen) atoms. The van der Waals surface area contributed by atoms with Gasteiger partial charge in [0.1, 0.15) is 5.56 Å². The lowest BCUT2D eigenvalue weighted by atomic mass is 10.2. The van der Waals surface area contributed by atoms with E-state index in [0.29, 0.717) is 17.4 Å². The molecule has 1 N–H and O–H groups in total. The lowest BCUT2D eigenvalue weighted by Crippen LogP contribution is -2.47. The molecule has 0 bridgehead atoms.